The van der Waals surface area contributed by atoms with Crippen LogP contribution in [-0.4, -0.2) is 27.7 Å². The number of phenolic OH excluding ortho intramolecular Hbond substituents is 1. The summed E-state index contributed by atoms with van der Waals surface area (Å²) in [5, 5.41) is 18.7. The number of aromatic hydroxyl groups is 1. The van der Waals surface area contributed by atoms with Crippen molar-refractivity contribution >= 4 is 17.7 Å². The van der Waals surface area contributed by atoms with Crippen molar-refractivity contribution in [2.45, 2.75) is 19.8 Å². The normalized spacial score (nSPS) is 14.2. The molecule has 0 fully saturated rings. The third kappa shape index (κ3) is 3.97. The van der Waals surface area contributed by atoms with Crippen LogP contribution in [0.15, 0.2) is 24.3 Å². The number of carboxylic acids is 1. The van der Waals surface area contributed by atoms with E-state index in [0.29, 0.717) is 5.56 Å². The van der Waals surface area contributed by atoms with Crippen LogP contribution in [0.1, 0.15) is 25.3 Å². The van der Waals surface area contributed by atoms with Crippen LogP contribution >= 0.6 is 11.8 Å². The molecule has 0 radical (unpaired) electrons. The third-order valence-electron chi connectivity index (χ3n) is 2.65. The van der Waals surface area contributed by atoms with Gasteiger partial charge in [0.15, 0.2) is 0 Å². The fourth-order valence-corrected chi connectivity index (χ4v) is 2.63. The second kappa shape index (κ2) is 6.55. The molecule has 2 atom stereocenters. The van der Waals surface area contributed by atoms with E-state index < -0.39 is 11.9 Å². The maximum Gasteiger partial charge on any atom is 0.311 e. The Morgan fingerprint density at radius 3 is 2.71 bits per heavy atom. The van der Waals surface area contributed by atoms with E-state index in [1.807, 2.05) is 6.92 Å². The number of hydrogen-bond acceptors (Lipinski definition) is 3. The lowest BCUT2D eigenvalue weighted by molar-refractivity contribution is -0.139. The first-order valence-corrected chi connectivity index (χ1v) is 6.81. The van der Waals surface area contributed by atoms with Crippen LogP contribution in [0.4, 0.5) is 0 Å². The Hall–Kier alpha value is -1.16. The zero-order valence-corrected chi connectivity index (χ0v) is 10.9. The molecule has 2 N–H and O–H groups in total. The molecule has 0 heterocycles. The monoisotopic (exact) mass is 254 g/mol. The zero-order valence-electron chi connectivity index (χ0n) is 10.1. The molecular formula is C13H18O3S. The summed E-state index contributed by atoms with van der Waals surface area (Å²) in [6.45, 7) is 3.99. The number of carboxylic acid groups (broad SMARTS) is 1. The van der Waals surface area contributed by atoms with Gasteiger partial charge in [-0.1, -0.05) is 26.0 Å². The van der Waals surface area contributed by atoms with Gasteiger partial charge in [-0.3, -0.25) is 4.79 Å². The molecule has 2 unspecified atom stereocenters. The molecule has 94 valence electrons. The number of thioether (sulfide) groups is 1. The van der Waals surface area contributed by atoms with E-state index in [2.05, 4.69) is 6.92 Å². The van der Waals surface area contributed by atoms with E-state index in [0.717, 1.165) is 11.5 Å². The van der Waals surface area contributed by atoms with Gasteiger partial charge in [-0.2, -0.15) is 11.8 Å². The van der Waals surface area contributed by atoms with Crippen molar-refractivity contribution in [3.63, 3.8) is 0 Å². The fourth-order valence-electron chi connectivity index (χ4n) is 1.83. The molecule has 0 spiro atoms. The Bertz CT molecular complexity index is 379. The smallest absolute Gasteiger partial charge is 0.311 e. The standard InChI is InChI=1S/C13H18O3S/c1-3-17-8-9(2)12(13(15)16)10-5-4-6-11(14)7-10/h4-7,9,12,14H,3,8H2,1-2H3,(H,15,16). The largest absolute Gasteiger partial charge is 0.508 e. The Morgan fingerprint density at radius 2 is 2.18 bits per heavy atom. The van der Waals surface area contributed by atoms with Crippen LogP contribution < -0.4 is 0 Å². The molecule has 1 aromatic carbocycles. The molecule has 4 heteroatoms. The van der Waals surface area contributed by atoms with E-state index in [-0.39, 0.29) is 11.7 Å². The molecular weight excluding hydrogens is 236 g/mol. The van der Waals surface area contributed by atoms with Gasteiger partial charge in [-0.05, 0) is 35.1 Å². The van der Waals surface area contributed by atoms with Crippen molar-refractivity contribution in [3.05, 3.63) is 29.8 Å². The summed E-state index contributed by atoms with van der Waals surface area (Å²) in [4.78, 5) is 11.3. The van der Waals surface area contributed by atoms with Crippen molar-refractivity contribution in [1.82, 2.24) is 0 Å². The fraction of sp³-hybridized carbons (Fsp3) is 0.462. The van der Waals surface area contributed by atoms with Crippen LogP contribution in [0.2, 0.25) is 0 Å². The predicted molar refractivity (Wildman–Crippen MR) is 70.6 cm³/mol. The van der Waals surface area contributed by atoms with Crippen molar-refractivity contribution in [3.8, 4) is 5.75 Å². The van der Waals surface area contributed by atoms with Gasteiger partial charge < -0.3 is 10.2 Å². The molecule has 0 saturated heterocycles. The van der Waals surface area contributed by atoms with Crippen molar-refractivity contribution in [2.75, 3.05) is 11.5 Å². The van der Waals surface area contributed by atoms with E-state index in [1.54, 1.807) is 30.0 Å². The Balaban J connectivity index is 2.89. The first kappa shape index (κ1) is 13.9. The molecule has 0 aromatic heterocycles. The summed E-state index contributed by atoms with van der Waals surface area (Å²) in [5.41, 5.74) is 0.668. The minimum atomic E-state index is -0.834. The molecule has 3 nitrogen and oxygen atoms in total. The summed E-state index contributed by atoms with van der Waals surface area (Å²) >= 11 is 1.73. The van der Waals surface area contributed by atoms with E-state index in [1.165, 1.54) is 6.07 Å². The average molecular weight is 254 g/mol. The molecule has 0 aliphatic heterocycles. The van der Waals surface area contributed by atoms with Gasteiger partial charge >= 0.3 is 5.97 Å². The lowest BCUT2D eigenvalue weighted by Crippen LogP contribution is -2.21. The van der Waals surface area contributed by atoms with Crippen molar-refractivity contribution in [2.24, 2.45) is 5.92 Å². The quantitative estimate of drug-likeness (QED) is 0.819. The molecule has 0 bridgehead atoms. The van der Waals surface area contributed by atoms with Crippen LogP contribution in [0.25, 0.3) is 0 Å². The highest BCUT2D eigenvalue weighted by atomic mass is 32.2. The zero-order chi connectivity index (χ0) is 12.8. The molecule has 17 heavy (non-hydrogen) atoms. The van der Waals surface area contributed by atoms with Crippen molar-refractivity contribution in [1.29, 1.82) is 0 Å². The second-order valence-electron chi connectivity index (χ2n) is 4.05. The number of benzene rings is 1. The van der Waals surface area contributed by atoms with Gasteiger partial charge in [0.1, 0.15) is 5.75 Å². The summed E-state index contributed by atoms with van der Waals surface area (Å²) in [5.74, 6) is 0.559. The number of carbonyl (C=O) groups is 1. The van der Waals surface area contributed by atoms with Crippen LogP contribution in [0.5, 0.6) is 5.75 Å². The molecule has 0 amide bonds. The van der Waals surface area contributed by atoms with Crippen LogP contribution in [0.3, 0.4) is 0 Å². The SMILES string of the molecule is CCSCC(C)C(C(=O)O)c1cccc(O)c1. The van der Waals surface area contributed by atoms with Gasteiger partial charge in [0.2, 0.25) is 0 Å². The maximum atomic E-state index is 11.3. The maximum absolute atomic E-state index is 11.3. The predicted octanol–water partition coefficient (Wildman–Crippen LogP) is 2.95. The Labute approximate surface area is 106 Å². The number of aliphatic carboxylic acids is 1. The molecule has 1 rings (SSSR count). The highest BCUT2D eigenvalue weighted by Crippen LogP contribution is 2.29. The first-order chi connectivity index (χ1) is 8.06. The Kier molecular flexibility index (Phi) is 5.35. The first-order valence-electron chi connectivity index (χ1n) is 5.65. The van der Waals surface area contributed by atoms with Gasteiger partial charge in [-0.25, -0.2) is 0 Å². The van der Waals surface area contributed by atoms with E-state index in [4.69, 9.17) is 0 Å². The highest BCUT2D eigenvalue weighted by Gasteiger charge is 2.26. The van der Waals surface area contributed by atoms with Crippen LogP contribution in [-0.2, 0) is 4.79 Å². The topological polar surface area (TPSA) is 57.5 Å². The van der Waals surface area contributed by atoms with E-state index in [9.17, 15) is 15.0 Å². The third-order valence-corrected chi connectivity index (χ3v) is 3.82. The second-order valence-corrected chi connectivity index (χ2v) is 5.37. The van der Waals surface area contributed by atoms with Gasteiger partial charge in [0.25, 0.3) is 0 Å². The Morgan fingerprint density at radius 1 is 1.47 bits per heavy atom. The van der Waals surface area contributed by atoms with Gasteiger partial charge in [0, 0.05) is 0 Å². The molecule has 0 aliphatic carbocycles. The number of phenols is 1. The van der Waals surface area contributed by atoms with Gasteiger partial charge in [0.05, 0.1) is 5.92 Å². The van der Waals surface area contributed by atoms with E-state index >= 15 is 0 Å². The summed E-state index contributed by atoms with van der Waals surface area (Å²) in [6, 6.07) is 6.52. The molecule has 0 saturated carbocycles. The summed E-state index contributed by atoms with van der Waals surface area (Å²) < 4.78 is 0. The number of hydrogen-bond donors (Lipinski definition) is 2. The van der Waals surface area contributed by atoms with Crippen molar-refractivity contribution < 1.29 is 15.0 Å². The molecule has 1 aromatic rings. The average Bonchev–Trinajstić information content (AvgIpc) is 2.26. The van der Waals surface area contributed by atoms with Crippen LogP contribution in [0, 0.1) is 5.92 Å². The number of rotatable bonds is 6. The minimum Gasteiger partial charge on any atom is -0.508 e. The highest BCUT2D eigenvalue weighted by molar-refractivity contribution is 7.99. The lowest BCUT2D eigenvalue weighted by atomic mass is 9.88. The summed E-state index contributed by atoms with van der Waals surface area (Å²) in [6.07, 6.45) is 0. The summed E-state index contributed by atoms with van der Waals surface area (Å²) in [7, 11) is 0. The molecule has 0 aliphatic rings. The van der Waals surface area contributed by atoms with Gasteiger partial charge in [-0.15, -0.1) is 0 Å². The minimum absolute atomic E-state index is 0.0410. The lowest BCUT2D eigenvalue weighted by Gasteiger charge is -2.20.